The predicted octanol–water partition coefficient (Wildman–Crippen LogP) is -1.03. The number of nitrogens with two attached hydrogens (primary N) is 1. The van der Waals surface area contributed by atoms with Crippen molar-refractivity contribution in [3.05, 3.63) is 6.33 Å². The highest BCUT2D eigenvalue weighted by Crippen LogP contribution is 2.37. The molecule has 2 aliphatic heterocycles. The summed E-state index contributed by atoms with van der Waals surface area (Å²) in [7, 11) is 0. The number of fused-ring (bicyclic) bond motifs is 1. The van der Waals surface area contributed by atoms with Crippen LogP contribution in [0.25, 0.3) is 0 Å². The molecule has 1 aromatic heterocycles. The van der Waals surface area contributed by atoms with Crippen LogP contribution in [0.1, 0.15) is 6.92 Å². The Morgan fingerprint density at radius 1 is 1.33 bits per heavy atom. The molecular formula is C10H13N5O3+. The number of hydrogen-bond acceptors (Lipinski definition) is 8. The molecular weight excluding hydrogens is 238 g/mol. The molecule has 0 aromatic carbocycles. The maximum atomic E-state index is 9.93. The molecule has 3 rings (SSSR count). The lowest BCUT2D eigenvalue weighted by molar-refractivity contribution is -0.0105. The number of nitrogens with zero attached hydrogens (tertiary/aromatic N) is 4. The maximum absolute atomic E-state index is 9.93. The molecule has 2 aliphatic rings. The Balaban J connectivity index is 1.94. The molecule has 95 valence electrons. The molecule has 4 N–H and O–H groups in total. The summed E-state index contributed by atoms with van der Waals surface area (Å²) in [5, 5.41) is 19.6. The van der Waals surface area contributed by atoms with Crippen molar-refractivity contribution < 1.29 is 14.9 Å². The average molecular weight is 251 g/mol. The van der Waals surface area contributed by atoms with Gasteiger partial charge in [0.1, 0.15) is 12.4 Å². The summed E-state index contributed by atoms with van der Waals surface area (Å²) in [5.41, 5.74) is 6.12. The van der Waals surface area contributed by atoms with E-state index in [0.717, 1.165) is 0 Å². The number of ether oxygens (including phenoxy) is 1. The van der Waals surface area contributed by atoms with Crippen LogP contribution < -0.4 is 10.6 Å². The van der Waals surface area contributed by atoms with Gasteiger partial charge in [0.25, 0.3) is 6.23 Å². The van der Waals surface area contributed by atoms with E-state index >= 15 is 0 Å². The number of aromatic nitrogens is 2. The van der Waals surface area contributed by atoms with Gasteiger partial charge in [-0.3, -0.25) is 0 Å². The van der Waals surface area contributed by atoms with Crippen molar-refractivity contribution in [1.29, 1.82) is 0 Å². The summed E-state index contributed by atoms with van der Waals surface area (Å²) in [6.07, 6.45) is -0.373. The minimum absolute atomic E-state index is 0.264. The third-order valence-electron chi connectivity index (χ3n) is 3.14. The minimum Gasteiger partial charge on any atom is -0.387 e. The van der Waals surface area contributed by atoms with E-state index in [-0.39, 0.29) is 5.82 Å². The van der Waals surface area contributed by atoms with Crippen LogP contribution in [0, 0.1) is 0 Å². The van der Waals surface area contributed by atoms with E-state index in [4.69, 9.17) is 10.5 Å². The molecule has 0 unspecified atom stereocenters. The van der Waals surface area contributed by atoms with E-state index in [9.17, 15) is 10.2 Å². The van der Waals surface area contributed by atoms with Crippen LogP contribution in [0.2, 0.25) is 0 Å². The first kappa shape index (κ1) is 11.5. The molecule has 4 atom stereocenters. The van der Waals surface area contributed by atoms with Crippen LogP contribution in [0.3, 0.4) is 0 Å². The molecule has 8 heteroatoms. The van der Waals surface area contributed by atoms with E-state index in [0.29, 0.717) is 11.5 Å². The maximum Gasteiger partial charge on any atom is 0.317 e. The van der Waals surface area contributed by atoms with Gasteiger partial charge in [0.15, 0.2) is 17.6 Å². The second-order valence-corrected chi connectivity index (χ2v) is 4.30. The van der Waals surface area contributed by atoms with Crippen molar-refractivity contribution in [3.8, 4) is 0 Å². The standard InChI is InChI=1S/C10H13N5O3/c1-4-6(16)7(17)10(18-4)15-3-14-5-8(11)12-2-13-9(5)15/h2-4,6-7,10,16-17H,1H3,(H2,11,12,13)/q+1/t4-,6-,7-,10-/m1/s1. The van der Waals surface area contributed by atoms with Gasteiger partial charge in [-0.1, -0.05) is 0 Å². The van der Waals surface area contributed by atoms with Crippen LogP contribution in [0.4, 0.5) is 17.3 Å². The highest BCUT2D eigenvalue weighted by atomic mass is 16.6. The monoisotopic (exact) mass is 251 g/mol. The van der Waals surface area contributed by atoms with Crippen molar-refractivity contribution in [1.82, 2.24) is 14.9 Å². The highest BCUT2D eigenvalue weighted by Gasteiger charge is 2.52. The molecule has 1 saturated heterocycles. The minimum atomic E-state index is -1.03. The van der Waals surface area contributed by atoms with Crippen molar-refractivity contribution >= 4 is 23.7 Å². The number of aliphatic hydroxyl groups is 2. The third kappa shape index (κ3) is 1.51. The smallest absolute Gasteiger partial charge is 0.317 e. The quantitative estimate of drug-likeness (QED) is 0.549. The van der Waals surface area contributed by atoms with E-state index < -0.39 is 24.5 Å². The number of hydrogen-bond donors (Lipinski definition) is 3. The number of aliphatic imine (C=N–C) groups is 1. The van der Waals surface area contributed by atoms with E-state index in [2.05, 4.69) is 15.0 Å². The fourth-order valence-corrected chi connectivity index (χ4v) is 2.11. The summed E-state index contributed by atoms with van der Waals surface area (Å²) >= 11 is 0. The predicted molar refractivity (Wildman–Crippen MR) is 62.7 cm³/mol. The molecule has 0 spiro atoms. The Labute approximate surface area is 103 Å². The fraction of sp³-hybridized carbons (Fsp3) is 0.500. The molecule has 3 heterocycles. The summed E-state index contributed by atoms with van der Waals surface area (Å²) in [4.78, 5) is 13.5. The van der Waals surface area contributed by atoms with Gasteiger partial charge in [-0.05, 0) is 11.8 Å². The van der Waals surface area contributed by atoms with Crippen molar-refractivity contribution in [2.75, 3.05) is 5.73 Å². The SMILES string of the molecule is C[C@H]1O[C@@H]([N+]2C=Nc3c(N)ncnc32)[C@H](O)[C@@H]1O. The molecule has 0 bridgehead atoms. The second kappa shape index (κ2) is 3.95. The first-order valence-corrected chi connectivity index (χ1v) is 5.54. The summed E-state index contributed by atoms with van der Waals surface area (Å²) in [6.45, 7) is 1.69. The molecule has 8 nitrogen and oxygen atoms in total. The summed E-state index contributed by atoms with van der Waals surface area (Å²) in [6, 6.07) is 0. The fourth-order valence-electron chi connectivity index (χ4n) is 2.11. The van der Waals surface area contributed by atoms with Crippen molar-refractivity contribution in [3.63, 3.8) is 0 Å². The van der Waals surface area contributed by atoms with Crippen molar-refractivity contribution in [2.24, 2.45) is 4.99 Å². The average Bonchev–Trinajstić information content (AvgIpc) is 2.88. The van der Waals surface area contributed by atoms with E-state index in [1.54, 1.807) is 11.8 Å². The Kier molecular flexibility index (Phi) is 2.52. The van der Waals surface area contributed by atoms with Gasteiger partial charge in [-0.2, -0.15) is 9.98 Å². The second-order valence-electron chi connectivity index (χ2n) is 4.30. The molecule has 18 heavy (non-hydrogen) atoms. The highest BCUT2D eigenvalue weighted by molar-refractivity contribution is 5.87. The summed E-state index contributed by atoms with van der Waals surface area (Å²) < 4.78 is 5.50. The van der Waals surface area contributed by atoms with Crippen LogP contribution in [-0.4, -0.2) is 51.1 Å². The van der Waals surface area contributed by atoms with Crippen LogP contribution >= 0.6 is 0 Å². The first-order valence-electron chi connectivity index (χ1n) is 5.54. The molecule has 1 radical (unpaired) electrons. The Morgan fingerprint density at radius 3 is 2.78 bits per heavy atom. The van der Waals surface area contributed by atoms with Crippen LogP contribution in [0.5, 0.6) is 0 Å². The van der Waals surface area contributed by atoms with Gasteiger partial charge >= 0.3 is 5.82 Å². The van der Waals surface area contributed by atoms with Gasteiger partial charge < -0.3 is 20.7 Å². The third-order valence-corrected chi connectivity index (χ3v) is 3.14. The zero-order valence-electron chi connectivity index (χ0n) is 9.63. The Morgan fingerprint density at radius 2 is 2.11 bits per heavy atom. The lowest BCUT2D eigenvalue weighted by Gasteiger charge is -2.12. The molecule has 0 saturated carbocycles. The molecule has 1 aromatic rings. The lowest BCUT2D eigenvalue weighted by Crippen LogP contribution is -2.43. The van der Waals surface area contributed by atoms with Crippen molar-refractivity contribution in [2.45, 2.75) is 31.5 Å². The molecule has 0 aliphatic carbocycles. The largest absolute Gasteiger partial charge is 0.387 e. The van der Waals surface area contributed by atoms with Crippen LogP contribution in [0.15, 0.2) is 11.3 Å². The number of anilines is 2. The lowest BCUT2D eigenvalue weighted by atomic mass is 10.1. The Bertz CT molecular complexity index is 508. The zero-order valence-corrected chi connectivity index (χ0v) is 9.63. The van der Waals surface area contributed by atoms with Gasteiger partial charge in [0.2, 0.25) is 6.34 Å². The molecule has 1 fully saturated rings. The van der Waals surface area contributed by atoms with Crippen LogP contribution in [-0.2, 0) is 4.74 Å². The van der Waals surface area contributed by atoms with E-state index in [1.165, 1.54) is 12.7 Å². The van der Waals surface area contributed by atoms with E-state index in [1.807, 2.05) is 0 Å². The van der Waals surface area contributed by atoms with Gasteiger partial charge in [-0.15, -0.1) is 0 Å². The zero-order chi connectivity index (χ0) is 12.9. The number of rotatable bonds is 1. The van der Waals surface area contributed by atoms with Gasteiger partial charge in [0, 0.05) is 0 Å². The van der Waals surface area contributed by atoms with Gasteiger partial charge in [-0.25, -0.2) is 4.98 Å². The van der Waals surface area contributed by atoms with Gasteiger partial charge in [0.05, 0.1) is 6.10 Å². The Hall–Kier alpha value is -1.61. The molecule has 0 amide bonds. The number of nitrogen functional groups attached to an aromatic ring is 1. The first-order chi connectivity index (χ1) is 8.59. The normalized spacial score (nSPS) is 35.1. The number of aliphatic hydroxyl groups excluding tert-OH is 2. The topological polar surface area (TPSA) is 120 Å². The summed E-state index contributed by atoms with van der Waals surface area (Å²) in [5.74, 6) is 0.729.